The van der Waals surface area contributed by atoms with E-state index in [1.807, 2.05) is 51.1 Å². The van der Waals surface area contributed by atoms with Crippen LogP contribution in [-0.2, 0) is 28.8 Å². The minimum Gasteiger partial charge on any atom is -0.496 e. The topological polar surface area (TPSA) is 103 Å². The second kappa shape index (κ2) is 14.4. The molecule has 3 aromatic rings. The molecule has 0 saturated carbocycles. The summed E-state index contributed by atoms with van der Waals surface area (Å²) in [4.78, 5) is 27.1. The van der Waals surface area contributed by atoms with Crippen LogP contribution in [0.3, 0.4) is 0 Å². The minimum atomic E-state index is -4.55. The molecule has 1 aliphatic heterocycles. The highest BCUT2D eigenvalue weighted by Crippen LogP contribution is 2.39. The number of thioether (sulfide) groups is 1. The third-order valence-electron chi connectivity index (χ3n) is 7.02. The largest absolute Gasteiger partial charge is 0.496 e. The van der Waals surface area contributed by atoms with Crippen molar-refractivity contribution >= 4 is 23.9 Å². The lowest BCUT2D eigenvalue weighted by Gasteiger charge is -2.34. The van der Waals surface area contributed by atoms with E-state index in [-0.39, 0.29) is 30.2 Å². The third kappa shape index (κ3) is 9.25. The van der Waals surface area contributed by atoms with Gasteiger partial charge in [-0.3, -0.25) is 0 Å². The fourth-order valence-electron chi connectivity index (χ4n) is 4.78. The van der Waals surface area contributed by atoms with Gasteiger partial charge in [-0.2, -0.15) is 13.2 Å². The first-order chi connectivity index (χ1) is 21.2. The maximum atomic E-state index is 13.4. The molecule has 0 radical (unpaired) electrons. The van der Waals surface area contributed by atoms with Crippen LogP contribution in [-0.4, -0.2) is 58.3 Å². The Bertz CT molecular complexity index is 1500. The van der Waals surface area contributed by atoms with E-state index in [4.69, 9.17) is 14.2 Å². The summed E-state index contributed by atoms with van der Waals surface area (Å²) in [5.41, 5.74) is 1.23. The highest BCUT2D eigenvalue weighted by Gasteiger charge is 2.33. The molecule has 242 valence electrons. The number of alkyl halides is 3. The molecule has 1 saturated heterocycles. The molecule has 0 unspecified atom stereocenters. The molecule has 9 nitrogen and oxygen atoms in total. The monoisotopic (exact) mass is 646 g/mol. The van der Waals surface area contributed by atoms with Gasteiger partial charge in [0.2, 0.25) is 0 Å². The average molecular weight is 647 g/mol. The molecule has 45 heavy (non-hydrogen) atoms. The van der Waals surface area contributed by atoms with Gasteiger partial charge in [0.25, 0.3) is 0 Å². The van der Waals surface area contributed by atoms with Crippen molar-refractivity contribution in [2.24, 2.45) is 0 Å². The van der Waals surface area contributed by atoms with Gasteiger partial charge in [0.15, 0.2) is 0 Å². The van der Waals surface area contributed by atoms with Gasteiger partial charge in [0.05, 0.1) is 18.4 Å². The van der Waals surface area contributed by atoms with E-state index in [2.05, 4.69) is 15.5 Å². The quantitative estimate of drug-likeness (QED) is 0.270. The van der Waals surface area contributed by atoms with Crippen molar-refractivity contribution in [1.29, 1.82) is 0 Å². The van der Waals surface area contributed by atoms with Crippen molar-refractivity contribution in [1.82, 2.24) is 20.4 Å². The Balaban J connectivity index is 1.61. The second-order valence-electron chi connectivity index (χ2n) is 11.6. The van der Waals surface area contributed by atoms with Crippen molar-refractivity contribution < 1.29 is 37.0 Å². The first kappa shape index (κ1) is 33.9. The SMILES string of the molecule is COc1cc(C(F)(F)F)ccc1-c1nnc(S[C@@H]2CCCN(C(=O)OC(C)(C)C)C2)c(CNC(=O)OCc2ccccc2)c1C. The third-order valence-corrected chi connectivity index (χ3v) is 8.29. The lowest BCUT2D eigenvalue weighted by molar-refractivity contribution is -0.137. The van der Waals surface area contributed by atoms with Crippen molar-refractivity contribution in [3.05, 3.63) is 70.8 Å². The maximum Gasteiger partial charge on any atom is 0.416 e. The number of nitrogens with zero attached hydrogens (tertiary/aromatic N) is 3. The summed E-state index contributed by atoms with van der Waals surface area (Å²) in [6.45, 7) is 8.33. The van der Waals surface area contributed by atoms with Crippen LogP contribution < -0.4 is 10.1 Å². The van der Waals surface area contributed by atoms with Crippen molar-refractivity contribution in [3.8, 4) is 17.0 Å². The van der Waals surface area contributed by atoms with Gasteiger partial charge in [-0.1, -0.05) is 42.1 Å². The highest BCUT2D eigenvalue weighted by atomic mass is 32.2. The van der Waals surface area contributed by atoms with E-state index in [0.29, 0.717) is 40.5 Å². The van der Waals surface area contributed by atoms with Crippen LogP contribution in [0.4, 0.5) is 22.8 Å². The molecule has 2 amide bonds. The van der Waals surface area contributed by atoms with Gasteiger partial charge in [0, 0.05) is 36.0 Å². The molecule has 1 fully saturated rings. The summed E-state index contributed by atoms with van der Waals surface area (Å²) in [7, 11) is 1.29. The van der Waals surface area contributed by atoms with Crippen LogP contribution in [0, 0.1) is 6.92 Å². The number of amides is 2. The normalized spacial score (nSPS) is 15.4. The van der Waals surface area contributed by atoms with E-state index in [0.717, 1.165) is 30.5 Å². The summed E-state index contributed by atoms with van der Waals surface area (Å²) in [6, 6.07) is 12.4. The Morgan fingerprint density at radius 1 is 1.09 bits per heavy atom. The van der Waals surface area contributed by atoms with Crippen LogP contribution in [0.1, 0.15) is 55.9 Å². The Kier molecular flexibility index (Phi) is 10.8. The van der Waals surface area contributed by atoms with Crippen molar-refractivity contribution in [3.63, 3.8) is 0 Å². The Morgan fingerprint density at radius 2 is 1.82 bits per heavy atom. The van der Waals surface area contributed by atoms with E-state index >= 15 is 0 Å². The van der Waals surface area contributed by atoms with Gasteiger partial charge >= 0.3 is 18.4 Å². The summed E-state index contributed by atoms with van der Waals surface area (Å²) in [6.07, 6.45) is -4.00. The van der Waals surface area contributed by atoms with Crippen LogP contribution in [0.25, 0.3) is 11.3 Å². The van der Waals surface area contributed by atoms with Gasteiger partial charge < -0.3 is 24.4 Å². The predicted molar refractivity (Wildman–Crippen MR) is 164 cm³/mol. The summed E-state index contributed by atoms with van der Waals surface area (Å²) >= 11 is 1.43. The molecular weight excluding hydrogens is 609 g/mol. The number of likely N-dealkylation sites (tertiary alicyclic amines) is 1. The fraction of sp³-hybridized carbons (Fsp3) is 0.438. The molecule has 0 aliphatic carbocycles. The molecule has 1 aliphatic rings. The van der Waals surface area contributed by atoms with Crippen molar-refractivity contribution in [2.45, 2.75) is 75.7 Å². The van der Waals surface area contributed by atoms with Crippen molar-refractivity contribution in [2.75, 3.05) is 20.2 Å². The van der Waals surface area contributed by atoms with E-state index in [1.165, 1.54) is 24.9 Å². The number of halogens is 3. The number of nitrogens with one attached hydrogen (secondary N) is 1. The number of benzene rings is 2. The average Bonchev–Trinajstić information content (AvgIpc) is 2.99. The Labute approximate surface area is 264 Å². The maximum absolute atomic E-state index is 13.4. The summed E-state index contributed by atoms with van der Waals surface area (Å²) < 4.78 is 56.4. The Morgan fingerprint density at radius 3 is 2.49 bits per heavy atom. The lowest BCUT2D eigenvalue weighted by Crippen LogP contribution is -2.43. The van der Waals surface area contributed by atoms with Crippen LogP contribution in [0.5, 0.6) is 5.75 Å². The zero-order valence-electron chi connectivity index (χ0n) is 25.9. The molecule has 1 atom stereocenters. The van der Waals surface area contributed by atoms with E-state index in [1.54, 1.807) is 11.8 Å². The number of hydrogen-bond donors (Lipinski definition) is 1. The zero-order chi connectivity index (χ0) is 32.8. The number of piperidine rings is 1. The number of ether oxygens (including phenoxy) is 3. The lowest BCUT2D eigenvalue weighted by atomic mass is 10.0. The molecule has 4 rings (SSSR count). The fourth-order valence-corrected chi connectivity index (χ4v) is 6.09. The number of methoxy groups -OCH3 is 1. The number of carbonyl (C=O) groups excluding carboxylic acids is 2. The molecule has 2 aromatic carbocycles. The number of alkyl carbamates (subject to hydrolysis) is 1. The molecule has 13 heteroatoms. The highest BCUT2D eigenvalue weighted by molar-refractivity contribution is 7.99. The van der Waals surface area contributed by atoms with E-state index in [9.17, 15) is 22.8 Å². The first-order valence-corrected chi connectivity index (χ1v) is 15.3. The van der Waals surface area contributed by atoms with Crippen LogP contribution in [0.15, 0.2) is 53.6 Å². The smallest absolute Gasteiger partial charge is 0.416 e. The minimum absolute atomic E-state index is 0.0101. The van der Waals surface area contributed by atoms with E-state index < -0.39 is 23.4 Å². The zero-order valence-corrected chi connectivity index (χ0v) is 26.7. The molecular formula is C32H37F3N4O5S. The first-order valence-electron chi connectivity index (χ1n) is 14.5. The van der Waals surface area contributed by atoms with Gasteiger partial charge in [-0.15, -0.1) is 10.2 Å². The molecule has 0 spiro atoms. The van der Waals surface area contributed by atoms with Gasteiger partial charge in [-0.05, 0) is 69.9 Å². The molecule has 1 aromatic heterocycles. The standard InChI is InChI=1S/C32H37F3N4O5S/c1-20-25(17-36-29(40)43-19-21-10-7-6-8-11-21)28(45-23-12-9-15-39(18-23)30(41)44-31(2,3)4)38-37-27(20)24-14-13-22(32(33,34)35)16-26(24)42-5/h6-8,10-11,13-14,16,23H,9,12,15,17-19H2,1-5H3,(H,36,40)/t23-/m1/s1. The van der Waals surface area contributed by atoms with Crippen LogP contribution in [0.2, 0.25) is 0 Å². The number of carbonyl (C=O) groups is 2. The van der Waals surface area contributed by atoms with Gasteiger partial charge in [0.1, 0.15) is 23.0 Å². The molecule has 1 N–H and O–H groups in total. The number of aromatic nitrogens is 2. The van der Waals surface area contributed by atoms with Gasteiger partial charge in [-0.25, -0.2) is 9.59 Å². The number of hydrogen-bond acceptors (Lipinski definition) is 8. The predicted octanol–water partition coefficient (Wildman–Crippen LogP) is 7.40. The molecule has 2 heterocycles. The second-order valence-corrected chi connectivity index (χ2v) is 12.9. The summed E-state index contributed by atoms with van der Waals surface area (Å²) in [5, 5.41) is 12.1. The van der Waals surface area contributed by atoms with Crippen LogP contribution >= 0.6 is 11.8 Å². The summed E-state index contributed by atoms with van der Waals surface area (Å²) in [5.74, 6) is -0.0101. The number of rotatable bonds is 8. The Hall–Kier alpha value is -4.00. The molecule has 0 bridgehead atoms.